The van der Waals surface area contributed by atoms with Crippen LogP contribution in [0.5, 0.6) is 0 Å². The van der Waals surface area contributed by atoms with Crippen molar-refractivity contribution in [2.24, 2.45) is 0 Å². The van der Waals surface area contributed by atoms with Crippen molar-refractivity contribution < 1.29 is 0 Å². The zero-order valence-electron chi connectivity index (χ0n) is 9.39. The van der Waals surface area contributed by atoms with Gasteiger partial charge in [0.15, 0.2) is 5.65 Å². The van der Waals surface area contributed by atoms with Crippen LogP contribution in [0.15, 0.2) is 6.33 Å². The minimum absolute atomic E-state index is 0. The van der Waals surface area contributed by atoms with Crippen LogP contribution in [0, 0.1) is 0 Å². The number of anilines is 1. The Morgan fingerprint density at radius 2 is 2.06 bits per heavy atom. The number of rotatable bonds is 2. The number of imidazole rings is 1. The summed E-state index contributed by atoms with van der Waals surface area (Å²) < 4.78 is 0. The Morgan fingerprint density at radius 1 is 1.29 bits per heavy atom. The molecule has 1 saturated heterocycles. The van der Waals surface area contributed by atoms with Crippen molar-refractivity contribution in [1.82, 2.24) is 24.8 Å². The van der Waals surface area contributed by atoms with Gasteiger partial charge in [-0.3, -0.25) is 4.90 Å². The fourth-order valence-electron chi connectivity index (χ4n) is 2.18. The molecule has 1 fully saturated rings. The Labute approximate surface area is 105 Å². The summed E-state index contributed by atoms with van der Waals surface area (Å²) in [6.07, 6.45) is 4.17. The van der Waals surface area contributed by atoms with Crippen LogP contribution < -0.4 is 5.73 Å². The van der Waals surface area contributed by atoms with Gasteiger partial charge in [0.25, 0.3) is 0 Å². The number of hydrogen-bond acceptors (Lipinski definition) is 5. The quantitative estimate of drug-likeness (QED) is 0.834. The Morgan fingerprint density at radius 3 is 2.82 bits per heavy atom. The van der Waals surface area contributed by atoms with Gasteiger partial charge in [0.1, 0.15) is 5.52 Å². The first-order chi connectivity index (χ1) is 7.83. The Kier molecular flexibility index (Phi) is 3.44. The van der Waals surface area contributed by atoms with Gasteiger partial charge in [-0.15, -0.1) is 12.4 Å². The van der Waals surface area contributed by atoms with Crippen LogP contribution in [0.1, 0.15) is 18.5 Å². The highest BCUT2D eigenvalue weighted by molar-refractivity contribution is 5.85. The smallest absolute Gasteiger partial charge is 0.222 e. The third-order valence-corrected chi connectivity index (χ3v) is 2.95. The van der Waals surface area contributed by atoms with E-state index in [-0.39, 0.29) is 12.4 Å². The van der Waals surface area contributed by atoms with E-state index in [1.54, 1.807) is 6.33 Å². The fraction of sp³-hybridized carbons (Fsp3) is 0.500. The van der Waals surface area contributed by atoms with E-state index in [2.05, 4.69) is 24.8 Å². The van der Waals surface area contributed by atoms with E-state index >= 15 is 0 Å². The molecule has 0 radical (unpaired) electrons. The second kappa shape index (κ2) is 4.85. The summed E-state index contributed by atoms with van der Waals surface area (Å²) in [4.78, 5) is 17.9. The zero-order chi connectivity index (χ0) is 11.0. The van der Waals surface area contributed by atoms with Gasteiger partial charge in [0.05, 0.1) is 12.0 Å². The van der Waals surface area contributed by atoms with Crippen LogP contribution in [0.2, 0.25) is 0 Å². The molecular weight excluding hydrogens is 240 g/mol. The molecule has 7 heteroatoms. The number of nitrogens with two attached hydrogens (primary N) is 1. The van der Waals surface area contributed by atoms with E-state index in [0.29, 0.717) is 11.6 Å². The summed E-state index contributed by atoms with van der Waals surface area (Å²) in [5.74, 6) is 0.300. The summed E-state index contributed by atoms with van der Waals surface area (Å²) >= 11 is 0. The second-order valence-corrected chi connectivity index (χ2v) is 4.11. The minimum atomic E-state index is 0. The van der Waals surface area contributed by atoms with E-state index in [0.717, 1.165) is 30.8 Å². The maximum atomic E-state index is 5.66. The lowest BCUT2D eigenvalue weighted by Crippen LogP contribution is -2.20. The van der Waals surface area contributed by atoms with Crippen molar-refractivity contribution >= 4 is 29.5 Å². The number of aromatic nitrogens is 4. The number of nitrogens with one attached hydrogen (secondary N) is 1. The molecule has 0 saturated carbocycles. The molecule has 2 aromatic heterocycles. The van der Waals surface area contributed by atoms with Crippen LogP contribution in [0.25, 0.3) is 11.2 Å². The molecule has 1 aliphatic rings. The molecule has 1 aliphatic heterocycles. The predicted molar refractivity (Wildman–Crippen MR) is 67.9 cm³/mol. The largest absolute Gasteiger partial charge is 0.368 e. The van der Waals surface area contributed by atoms with E-state index in [4.69, 9.17) is 5.73 Å². The molecule has 0 aromatic carbocycles. The van der Waals surface area contributed by atoms with Crippen molar-refractivity contribution in [1.29, 1.82) is 0 Å². The topological polar surface area (TPSA) is 83.7 Å². The molecule has 3 rings (SSSR count). The lowest BCUT2D eigenvalue weighted by molar-refractivity contribution is 0.328. The number of hydrogen-bond donors (Lipinski definition) is 2. The molecule has 0 atom stereocenters. The third-order valence-electron chi connectivity index (χ3n) is 2.95. The van der Waals surface area contributed by atoms with Crippen LogP contribution in [-0.4, -0.2) is 37.9 Å². The maximum absolute atomic E-state index is 5.66. The lowest BCUT2D eigenvalue weighted by atomic mass is 10.3. The van der Waals surface area contributed by atoms with E-state index in [1.165, 1.54) is 12.8 Å². The van der Waals surface area contributed by atoms with Gasteiger partial charge in [-0.2, -0.15) is 4.98 Å². The molecule has 92 valence electrons. The second-order valence-electron chi connectivity index (χ2n) is 4.11. The summed E-state index contributed by atoms with van der Waals surface area (Å²) in [6, 6.07) is 0. The Balaban J connectivity index is 0.00000108. The molecule has 17 heavy (non-hydrogen) atoms. The van der Waals surface area contributed by atoms with Gasteiger partial charge >= 0.3 is 0 Å². The van der Waals surface area contributed by atoms with Gasteiger partial charge in [-0.05, 0) is 25.9 Å². The summed E-state index contributed by atoms with van der Waals surface area (Å²) in [5, 5.41) is 0. The molecule has 0 amide bonds. The molecule has 0 spiro atoms. The number of halogens is 1. The SMILES string of the molecule is Cl.Nc1nc(CN2CCCC2)c2[nH]cnc2n1. The van der Waals surface area contributed by atoms with Crippen molar-refractivity contribution in [3.8, 4) is 0 Å². The molecule has 3 heterocycles. The molecule has 0 aliphatic carbocycles. The number of fused-ring (bicyclic) bond motifs is 1. The van der Waals surface area contributed by atoms with Gasteiger partial charge in [-0.1, -0.05) is 0 Å². The number of likely N-dealkylation sites (tertiary alicyclic amines) is 1. The fourth-order valence-corrected chi connectivity index (χ4v) is 2.18. The first kappa shape index (κ1) is 12.1. The normalized spacial score (nSPS) is 16.2. The Bertz CT molecular complexity index is 504. The average Bonchev–Trinajstić information content (AvgIpc) is 2.87. The predicted octanol–water partition coefficient (Wildman–Crippen LogP) is 0.953. The molecular formula is C10H15ClN6. The molecule has 0 unspecified atom stereocenters. The highest BCUT2D eigenvalue weighted by Crippen LogP contribution is 2.17. The van der Waals surface area contributed by atoms with E-state index in [1.807, 2.05) is 0 Å². The first-order valence-electron chi connectivity index (χ1n) is 5.51. The first-order valence-corrected chi connectivity index (χ1v) is 5.51. The molecule has 6 nitrogen and oxygen atoms in total. The number of nitrogens with zero attached hydrogens (tertiary/aromatic N) is 4. The third kappa shape index (κ3) is 2.32. The van der Waals surface area contributed by atoms with Crippen molar-refractivity contribution in [2.75, 3.05) is 18.8 Å². The lowest BCUT2D eigenvalue weighted by Gasteiger charge is -2.14. The van der Waals surface area contributed by atoms with Gasteiger partial charge in [0, 0.05) is 6.54 Å². The number of aromatic amines is 1. The van der Waals surface area contributed by atoms with E-state index in [9.17, 15) is 0 Å². The standard InChI is InChI=1S/C10H14N6.ClH/c11-10-14-7(5-16-3-1-2-4-16)8-9(15-10)13-6-12-8;/h6H,1-5H2,(H3,11,12,13,14,15);1H. The monoisotopic (exact) mass is 254 g/mol. The van der Waals surface area contributed by atoms with Gasteiger partial charge < -0.3 is 10.7 Å². The average molecular weight is 255 g/mol. The van der Waals surface area contributed by atoms with Crippen molar-refractivity contribution in [3.05, 3.63) is 12.0 Å². The van der Waals surface area contributed by atoms with Crippen LogP contribution >= 0.6 is 12.4 Å². The van der Waals surface area contributed by atoms with E-state index < -0.39 is 0 Å². The number of nitrogen functional groups attached to an aromatic ring is 1. The summed E-state index contributed by atoms with van der Waals surface area (Å²) in [5.41, 5.74) is 8.17. The van der Waals surface area contributed by atoms with Gasteiger partial charge in [0.2, 0.25) is 5.95 Å². The highest BCUT2D eigenvalue weighted by atomic mass is 35.5. The van der Waals surface area contributed by atoms with Crippen LogP contribution in [-0.2, 0) is 6.54 Å². The summed E-state index contributed by atoms with van der Waals surface area (Å²) in [7, 11) is 0. The molecule has 2 aromatic rings. The van der Waals surface area contributed by atoms with Crippen LogP contribution in [0.4, 0.5) is 5.95 Å². The van der Waals surface area contributed by atoms with Gasteiger partial charge in [-0.25, -0.2) is 9.97 Å². The maximum Gasteiger partial charge on any atom is 0.222 e. The Hall–Kier alpha value is -1.40. The molecule has 0 bridgehead atoms. The minimum Gasteiger partial charge on any atom is -0.368 e. The van der Waals surface area contributed by atoms with Crippen molar-refractivity contribution in [3.63, 3.8) is 0 Å². The highest BCUT2D eigenvalue weighted by Gasteiger charge is 2.15. The molecule has 3 N–H and O–H groups in total. The summed E-state index contributed by atoms with van der Waals surface area (Å²) in [6.45, 7) is 3.10. The number of H-pyrrole nitrogens is 1. The van der Waals surface area contributed by atoms with Crippen LogP contribution in [0.3, 0.4) is 0 Å². The zero-order valence-corrected chi connectivity index (χ0v) is 10.2. The van der Waals surface area contributed by atoms with Crippen molar-refractivity contribution in [2.45, 2.75) is 19.4 Å².